The molecule has 0 fully saturated rings. The van der Waals surface area contributed by atoms with Crippen molar-refractivity contribution in [2.75, 3.05) is 6.61 Å². The van der Waals surface area contributed by atoms with Crippen LogP contribution in [-0.4, -0.2) is 17.8 Å². The Labute approximate surface area is 113 Å². The summed E-state index contributed by atoms with van der Waals surface area (Å²) in [5.74, 6) is 0.0828. The normalized spacial score (nSPS) is 11.8. The molecule has 0 amide bonds. The van der Waals surface area contributed by atoms with Crippen molar-refractivity contribution >= 4 is 22.5 Å². The van der Waals surface area contributed by atoms with Gasteiger partial charge in [0.05, 0.1) is 0 Å². The van der Waals surface area contributed by atoms with Gasteiger partial charge in [0.15, 0.2) is 6.61 Å². The van der Waals surface area contributed by atoms with Crippen molar-refractivity contribution in [2.24, 2.45) is 0 Å². The number of para-hydroxylation sites is 1. The number of nitrogens with zero attached hydrogens (tertiary/aromatic N) is 1. The Bertz CT molecular complexity index is 598. The van der Waals surface area contributed by atoms with Crippen molar-refractivity contribution in [3.63, 3.8) is 0 Å². The van der Waals surface area contributed by atoms with E-state index in [1.54, 1.807) is 12.1 Å². The van der Waals surface area contributed by atoms with Gasteiger partial charge in [-0.05, 0) is 24.1 Å². The van der Waals surface area contributed by atoms with Crippen LogP contribution in [0.4, 0.5) is 13.2 Å². The number of alkyl halides is 3. The van der Waals surface area contributed by atoms with E-state index in [4.69, 9.17) is 16.3 Å². The van der Waals surface area contributed by atoms with E-state index in [1.165, 1.54) is 6.07 Å². The summed E-state index contributed by atoms with van der Waals surface area (Å²) in [6.07, 6.45) is -3.68. The smallest absolute Gasteiger partial charge is 0.422 e. The van der Waals surface area contributed by atoms with Gasteiger partial charge >= 0.3 is 6.18 Å². The summed E-state index contributed by atoms with van der Waals surface area (Å²) < 4.78 is 41.3. The fourth-order valence-corrected chi connectivity index (χ4v) is 1.99. The first-order valence-corrected chi connectivity index (χ1v) is 6.06. The lowest BCUT2D eigenvalue weighted by Crippen LogP contribution is -2.19. The standard InChI is InChI=1S/C13H11ClF3NO/c1-2-8-6-9-4-3-5-10(11(9)18-12(8)14)19-7-13(15,16)17/h3-6H,2,7H2,1H3. The largest absolute Gasteiger partial charge is 0.482 e. The number of hydrogen-bond acceptors (Lipinski definition) is 2. The van der Waals surface area contributed by atoms with E-state index < -0.39 is 12.8 Å². The monoisotopic (exact) mass is 289 g/mol. The molecule has 6 heteroatoms. The maximum atomic E-state index is 12.2. The van der Waals surface area contributed by atoms with Gasteiger partial charge < -0.3 is 4.74 Å². The van der Waals surface area contributed by atoms with E-state index >= 15 is 0 Å². The Hall–Kier alpha value is -1.49. The molecule has 0 spiro atoms. The van der Waals surface area contributed by atoms with Crippen LogP contribution in [0.2, 0.25) is 5.15 Å². The minimum absolute atomic E-state index is 0.0828. The molecular formula is C13H11ClF3NO. The molecular weight excluding hydrogens is 279 g/mol. The van der Waals surface area contributed by atoms with Crippen LogP contribution in [0, 0.1) is 0 Å². The molecule has 1 heterocycles. The number of pyridine rings is 1. The van der Waals surface area contributed by atoms with Crippen LogP contribution >= 0.6 is 11.6 Å². The number of aromatic nitrogens is 1. The quantitative estimate of drug-likeness (QED) is 0.782. The van der Waals surface area contributed by atoms with Gasteiger partial charge in [-0.3, -0.25) is 0 Å². The molecule has 0 aliphatic carbocycles. The van der Waals surface area contributed by atoms with Gasteiger partial charge in [0.25, 0.3) is 0 Å². The predicted molar refractivity (Wildman–Crippen MR) is 67.7 cm³/mol. The molecule has 0 saturated carbocycles. The van der Waals surface area contributed by atoms with E-state index in [1.807, 2.05) is 13.0 Å². The summed E-state index contributed by atoms with van der Waals surface area (Å²) in [5.41, 5.74) is 1.19. The van der Waals surface area contributed by atoms with Crippen LogP contribution in [0.5, 0.6) is 5.75 Å². The molecule has 2 aromatic rings. The summed E-state index contributed by atoms with van der Waals surface area (Å²) >= 11 is 5.98. The Kier molecular flexibility index (Phi) is 3.85. The fourth-order valence-electron chi connectivity index (χ4n) is 1.72. The molecule has 1 aromatic carbocycles. The van der Waals surface area contributed by atoms with Gasteiger partial charge in [-0.1, -0.05) is 30.7 Å². The fraction of sp³-hybridized carbons (Fsp3) is 0.308. The molecule has 0 bridgehead atoms. The lowest BCUT2D eigenvalue weighted by molar-refractivity contribution is -0.153. The molecule has 1 aromatic heterocycles. The predicted octanol–water partition coefficient (Wildman–Crippen LogP) is 4.39. The average molecular weight is 290 g/mol. The highest BCUT2D eigenvalue weighted by Gasteiger charge is 2.28. The maximum absolute atomic E-state index is 12.2. The van der Waals surface area contributed by atoms with E-state index in [9.17, 15) is 13.2 Å². The molecule has 102 valence electrons. The number of fused-ring (bicyclic) bond motifs is 1. The molecule has 0 radical (unpaired) electrons. The van der Waals surface area contributed by atoms with Crippen molar-refractivity contribution in [3.8, 4) is 5.75 Å². The van der Waals surface area contributed by atoms with Crippen molar-refractivity contribution in [3.05, 3.63) is 35.0 Å². The van der Waals surface area contributed by atoms with Crippen LogP contribution in [0.1, 0.15) is 12.5 Å². The van der Waals surface area contributed by atoms with Crippen molar-refractivity contribution in [1.82, 2.24) is 4.98 Å². The third-order valence-corrected chi connectivity index (χ3v) is 2.93. The van der Waals surface area contributed by atoms with Crippen molar-refractivity contribution < 1.29 is 17.9 Å². The first kappa shape index (κ1) is 13.9. The zero-order chi connectivity index (χ0) is 14.0. The van der Waals surface area contributed by atoms with E-state index in [0.717, 1.165) is 5.56 Å². The van der Waals surface area contributed by atoms with Gasteiger partial charge in [0, 0.05) is 5.39 Å². The van der Waals surface area contributed by atoms with Crippen LogP contribution in [0.15, 0.2) is 24.3 Å². The Balaban J connectivity index is 2.42. The lowest BCUT2D eigenvalue weighted by Gasteiger charge is -2.11. The number of hydrogen-bond donors (Lipinski definition) is 0. The Morgan fingerprint density at radius 3 is 2.68 bits per heavy atom. The van der Waals surface area contributed by atoms with Crippen LogP contribution in [0.25, 0.3) is 10.9 Å². The second kappa shape index (κ2) is 5.25. The number of aryl methyl sites for hydroxylation is 1. The third kappa shape index (κ3) is 3.29. The Morgan fingerprint density at radius 2 is 2.05 bits per heavy atom. The van der Waals surface area contributed by atoms with Gasteiger partial charge in [-0.25, -0.2) is 4.98 Å². The van der Waals surface area contributed by atoms with Crippen molar-refractivity contribution in [2.45, 2.75) is 19.5 Å². The van der Waals surface area contributed by atoms with Crippen molar-refractivity contribution in [1.29, 1.82) is 0 Å². The second-order valence-corrected chi connectivity index (χ2v) is 4.38. The SMILES string of the molecule is CCc1cc2cccc(OCC(F)(F)F)c2nc1Cl. The van der Waals surface area contributed by atoms with Gasteiger partial charge in [0.1, 0.15) is 16.4 Å². The summed E-state index contributed by atoms with van der Waals surface area (Å²) in [6, 6.07) is 6.65. The van der Waals surface area contributed by atoms with E-state index in [2.05, 4.69) is 4.98 Å². The zero-order valence-corrected chi connectivity index (χ0v) is 10.8. The molecule has 0 aliphatic rings. The topological polar surface area (TPSA) is 22.1 Å². The minimum atomic E-state index is -4.38. The highest BCUT2D eigenvalue weighted by Crippen LogP contribution is 2.29. The summed E-state index contributed by atoms with van der Waals surface area (Å²) in [5, 5.41) is 0.999. The van der Waals surface area contributed by atoms with Crippen LogP contribution in [-0.2, 0) is 6.42 Å². The second-order valence-electron chi connectivity index (χ2n) is 4.02. The van der Waals surface area contributed by atoms with Crippen LogP contribution in [0.3, 0.4) is 0 Å². The average Bonchev–Trinajstić information content (AvgIpc) is 2.34. The minimum Gasteiger partial charge on any atom is -0.482 e. The molecule has 0 aliphatic heterocycles. The molecule has 19 heavy (non-hydrogen) atoms. The third-order valence-electron chi connectivity index (χ3n) is 2.61. The number of ether oxygens (including phenoxy) is 1. The molecule has 0 saturated heterocycles. The molecule has 2 rings (SSSR count). The highest BCUT2D eigenvalue weighted by molar-refractivity contribution is 6.30. The molecule has 0 atom stereocenters. The van der Waals surface area contributed by atoms with E-state index in [-0.39, 0.29) is 10.9 Å². The first-order valence-electron chi connectivity index (χ1n) is 5.68. The first-order chi connectivity index (χ1) is 8.90. The zero-order valence-electron chi connectivity index (χ0n) is 10.1. The summed E-state index contributed by atoms with van der Waals surface area (Å²) in [6.45, 7) is 0.583. The van der Waals surface area contributed by atoms with Gasteiger partial charge in [-0.2, -0.15) is 13.2 Å². The molecule has 0 unspecified atom stereocenters. The Morgan fingerprint density at radius 1 is 1.32 bits per heavy atom. The summed E-state index contributed by atoms with van der Waals surface area (Å²) in [4.78, 5) is 4.12. The number of benzene rings is 1. The maximum Gasteiger partial charge on any atom is 0.422 e. The highest BCUT2D eigenvalue weighted by atomic mass is 35.5. The molecule has 2 nitrogen and oxygen atoms in total. The number of halogens is 4. The number of rotatable bonds is 3. The van der Waals surface area contributed by atoms with Gasteiger partial charge in [-0.15, -0.1) is 0 Å². The van der Waals surface area contributed by atoms with Crippen LogP contribution < -0.4 is 4.74 Å². The van der Waals surface area contributed by atoms with E-state index in [0.29, 0.717) is 17.3 Å². The van der Waals surface area contributed by atoms with Gasteiger partial charge in [0.2, 0.25) is 0 Å². The summed E-state index contributed by atoms with van der Waals surface area (Å²) in [7, 11) is 0. The lowest BCUT2D eigenvalue weighted by atomic mass is 10.1. The molecule has 0 N–H and O–H groups in total.